The van der Waals surface area contributed by atoms with E-state index in [9.17, 15) is 0 Å². The van der Waals surface area contributed by atoms with E-state index in [1.165, 1.54) is 183 Å². The molecule has 664 valence electrons. The highest BCUT2D eigenvalue weighted by Gasteiger charge is 2.31. The molecule has 0 aliphatic carbocycles. The molecule has 0 fully saturated rings. The molecule has 0 spiro atoms. The molecular weight excluding hydrogens is 1860 g/mol. The van der Waals surface area contributed by atoms with Crippen molar-refractivity contribution in [3.63, 3.8) is 0 Å². The van der Waals surface area contributed by atoms with Crippen molar-refractivity contribution >= 4 is 309 Å². The Morgan fingerprint density at radius 3 is 0.860 bits per heavy atom. The van der Waals surface area contributed by atoms with Gasteiger partial charge < -0.3 is 0 Å². The topological polar surface area (TPSA) is 92.1 Å². The molecule has 0 aliphatic heterocycles. The normalized spacial score (nSPS) is 12.2. The largest absolute Gasteiger partial charge is 0.277 e. The van der Waals surface area contributed by atoms with Crippen LogP contribution in [0.5, 0.6) is 0 Å². The molecule has 0 N–H and O–H groups in total. The number of hydrogen-bond donors (Lipinski definition) is 0. The van der Waals surface area contributed by atoms with Gasteiger partial charge in [0.1, 0.15) is 0 Å². The maximum atomic E-state index is 5.58. The van der Waals surface area contributed by atoms with Crippen LogP contribution in [-0.4, -0.2) is 43.6 Å². The van der Waals surface area contributed by atoms with Crippen molar-refractivity contribution in [1.82, 2.24) is 43.6 Å². The lowest BCUT2D eigenvalue weighted by atomic mass is 10.00. The molecule has 0 atom stereocenters. The molecule has 0 saturated heterocycles. The number of hydrogen-bond acceptors (Lipinski definition) is 12. The van der Waals surface area contributed by atoms with Gasteiger partial charge in [-0.05, 0) is 109 Å². The van der Waals surface area contributed by atoms with E-state index in [1.807, 2.05) is 34.0 Å². The van der Waals surface area contributed by atoms with Gasteiger partial charge in [0.25, 0.3) is 0 Å². The van der Waals surface area contributed by atoms with Crippen LogP contribution in [0.2, 0.25) is 0 Å². The van der Waals surface area contributed by atoms with E-state index in [0.29, 0.717) is 17.8 Å². The summed E-state index contributed by atoms with van der Waals surface area (Å²) in [5, 5.41) is 30.9. The van der Waals surface area contributed by atoms with E-state index < -0.39 is 0 Å². The van der Waals surface area contributed by atoms with E-state index >= 15 is 0 Å². The Labute approximate surface area is 838 Å². The zero-order valence-corrected chi connectivity index (χ0v) is 80.9. The number of thiophene rings is 6. The zero-order chi connectivity index (χ0) is 93.3. The molecule has 0 aliphatic rings. The Kier molecular flexibility index (Phi) is 17.9. The van der Waals surface area contributed by atoms with Gasteiger partial charge in [-0.2, -0.15) is 0 Å². The molecule has 0 unspecified atom stereocenters. The van der Waals surface area contributed by atoms with E-state index in [1.54, 1.807) is 34.0 Å². The summed E-state index contributed by atoms with van der Waals surface area (Å²) in [5.74, 6) is 2.08. The minimum Gasteiger partial charge on any atom is -0.277 e. The summed E-state index contributed by atoms with van der Waals surface area (Å²) in [7, 11) is 0. The number of para-hydroxylation sites is 3. The summed E-state index contributed by atoms with van der Waals surface area (Å²) in [6.45, 7) is 0. The first-order valence-corrected chi connectivity index (χ1v) is 52.8. The second kappa shape index (κ2) is 31.7. The second-order valence-corrected chi connectivity index (χ2v) is 43.1. The van der Waals surface area contributed by atoms with Crippen LogP contribution in [0.3, 0.4) is 0 Å². The molecule has 0 saturated carbocycles. The van der Waals surface area contributed by atoms with Gasteiger partial charge >= 0.3 is 0 Å². The highest BCUT2D eigenvalue weighted by molar-refractivity contribution is 7.29. The van der Waals surface area contributed by atoms with Crippen molar-refractivity contribution in [3.8, 4) is 62.7 Å². The fourth-order valence-electron chi connectivity index (χ4n) is 22.8. The van der Waals surface area contributed by atoms with E-state index in [0.717, 1.165) is 103 Å². The van der Waals surface area contributed by atoms with E-state index in [4.69, 9.17) is 29.9 Å². The van der Waals surface area contributed by atoms with Gasteiger partial charge in [0.05, 0.1) is 80.8 Å². The van der Waals surface area contributed by atoms with Crippen molar-refractivity contribution < 1.29 is 0 Å². The maximum absolute atomic E-state index is 5.58. The van der Waals surface area contributed by atoms with Gasteiger partial charge in [0, 0.05) is 156 Å². The van der Waals surface area contributed by atoms with Gasteiger partial charge in [-0.3, -0.25) is 13.7 Å². The molecule has 0 amide bonds. The number of benzene rings is 21. The summed E-state index contributed by atoms with van der Waals surface area (Å²) in [6.07, 6.45) is 0. The molecular formula is C128H71N9S6. The lowest BCUT2D eigenvalue weighted by Crippen LogP contribution is -2.03. The van der Waals surface area contributed by atoms with Crippen molar-refractivity contribution in [2.75, 3.05) is 0 Å². The summed E-state index contributed by atoms with van der Waals surface area (Å²) < 4.78 is 21.8. The Hall–Kier alpha value is -17.1. The predicted octanol–water partition coefficient (Wildman–Crippen LogP) is 37.4. The SMILES string of the molecule is c1ccc(-c2ccc(-c3nc(-n4c5ccccc5c5c6ccccc6c6sc7ccccc7c6c54)nc4c3sc3ccccc34)cc2)cc1.c1ccc2c(-c3nc(-n4c5ccccc5c5c6ccccc6c6sc7ccccc7c6c54)nc4c3sc3ccccc34)cccc2c1.c1ccc2cc(-c3nc(-n4c5ccccc5c5c6ccccc6c6sc7ccccc7c6c54)nc4c3sc3ccccc34)ccc2c1. The van der Waals surface area contributed by atoms with E-state index in [2.05, 4.69) is 444 Å². The molecule has 12 aromatic heterocycles. The zero-order valence-electron chi connectivity index (χ0n) is 76.0. The molecule has 21 aromatic carbocycles. The second-order valence-electron chi connectivity index (χ2n) is 36.7. The Bertz CT molecular complexity index is 11300. The first-order chi connectivity index (χ1) is 71.0. The fourth-order valence-corrected chi connectivity index (χ4v) is 30.0. The number of rotatable bonds is 7. The van der Waals surface area contributed by atoms with Crippen molar-refractivity contribution in [2.24, 2.45) is 0 Å². The third-order valence-corrected chi connectivity index (χ3v) is 36.1. The van der Waals surface area contributed by atoms with Crippen molar-refractivity contribution in [1.29, 1.82) is 0 Å². The smallest absolute Gasteiger partial charge is 0.235 e. The quantitative estimate of drug-likeness (QED) is 0.158. The average Bonchev–Trinajstić information content (AvgIpc) is 1.54. The lowest BCUT2D eigenvalue weighted by molar-refractivity contribution is 1.02. The standard InChI is InChI=1S/C44H25N3S2.2C42H23N3S2/c1-2-12-26(13-3-1)27-22-24-28(25-23-27)39-43-40(33-18-8-11-21-36(33)49-43)46-44(45-39)47-34-19-9-6-16-31(34)37-29-14-4-5-15-30(29)42-38(41(37)47)32-17-7-10-20-35(32)48-42;1-2-14-25-24(12-1)13-11-20-27(25)37-41-38(31-19-7-10-23-34(31)47-41)44-42(43-37)45-32-21-8-5-17-29(32)35-26-15-3-4-16-28(26)40-36(39(35)45)30-18-6-9-22-33(30)46-40;1-2-12-25-23-26(22-21-24(25)11-1)37-41-38(31-17-7-10-20-34(31)47-41)44-42(43-37)45-32-18-8-5-15-29(32)35-27-13-3-4-14-28(27)40-36(39(35)45)30-16-6-9-19-33(30)46-40/h1-25H;2*1-23H. The van der Waals surface area contributed by atoms with Gasteiger partial charge in [-0.1, -0.05) is 370 Å². The van der Waals surface area contributed by atoms with Crippen LogP contribution in [0.4, 0.5) is 0 Å². The van der Waals surface area contributed by atoms with Crippen molar-refractivity contribution in [2.45, 2.75) is 0 Å². The maximum Gasteiger partial charge on any atom is 0.235 e. The van der Waals surface area contributed by atoms with Crippen LogP contribution in [0.15, 0.2) is 431 Å². The third kappa shape index (κ3) is 12.2. The van der Waals surface area contributed by atoms with Crippen LogP contribution in [0.1, 0.15) is 0 Å². The van der Waals surface area contributed by atoms with Crippen LogP contribution in [-0.2, 0) is 0 Å². The van der Waals surface area contributed by atoms with Gasteiger partial charge in [0.2, 0.25) is 17.8 Å². The Morgan fingerprint density at radius 1 is 0.161 bits per heavy atom. The number of nitrogens with zero attached hydrogens (tertiary/aromatic N) is 9. The predicted molar refractivity (Wildman–Crippen MR) is 616 cm³/mol. The first kappa shape index (κ1) is 80.8. The van der Waals surface area contributed by atoms with Crippen LogP contribution in [0.25, 0.3) is 303 Å². The molecule has 9 nitrogen and oxygen atoms in total. The molecule has 12 heterocycles. The van der Waals surface area contributed by atoms with Gasteiger partial charge in [-0.25, -0.2) is 29.9 Å². The van der Waals surface area contributed by atoms with Crippen LogP contribution in [0, 0.1) is 0 Å². The number of fused-ring (bicyclic) bond motifs is 41. The monoisotopic (exact) mass is 1930 g/mol. The van der Waals surface area contributed by atoms with Crippen LogP contribution >= 0.6 is 68.0 Å². The molecule has 33 aromatic rings. The lowest BCUT2D eigenvalue weighted by Gasteiger charge is -2.13. The minimum atomic E-state index is 0.691. The summed E-state index contributed by atoms with van der Waals surface area (Å²) in [5.41, 5.74) is 18.4. The van der Waals surface area contributed by atoms with Gasteiger partial charge in [0.15, 0.2) is 0 Å². The highest BCUT2D eigenvalue weighted by atomic mass is 32.1. The minimum absolute atomic E-state index is 0.691. The highest BCUT2D eigenvalue weighted by Crippen LogP contribution is 2.55. The average molecular weight is 1930 g/mol. The number of aromatic nitrogens is 9. The van der Waals surface area contributed by atoms with Gasteiger partial charge in [-0.15, -0.1) is 68.0 Å². The summed E-state index contributed by atoms with van der Waals surface area (Å²) in [6, 6.07) is 155. The molecule has 15 heteroatoms. The molecule has 143 heavy (non-hydrogen) atoms. The van der Waals surface area contributed by atoms with Crippen LogP contribution < -0.4 is 0 Å². The van der Waals surface area contributed by atoms with E-state index in [-0.39, 0.29) is 0 Å². The Morgan fingerprint density at radius 2 is 0.441 bits per heavy atom. The molecule has 0 radical (unpaired) electrons. The van der Waals surface area contributed by atoms with Crippen molar-refractivity contribution in [3.05, 3.63) is 431 Å². The summed E-state index contributed by atoms with van der Waals surface area (Å²) >= 11 is 11.0. The third-order valence-electron chi connectivity index (χ3n) is 29.0. The fraction of sp³-hybridized carbons (Fsp3) is 0. The molecule has 33 rings (SSSR count). The summed E-state index contributed by atoms with van der Waals surface area (Å²) in [4.78, 5) is 33.1. The molecule has 0 bridgehead atoms. The Balaban J connectivity index is 0.0000000981. The first-order valence-electron chi connectivity index (χ1n) is 47.9.